The average Bonchev–Trinajstić information content (AvgIpc) is 3.30. The number of pyridine rings is 1. The molecule has 4 N–H and O–H groups in total. The zero-order valence-electron chi connectivity index (χ0n) is 17.7. The number of piperidine rings is 1. The number of aromatic nitrogens is 1. The Labute approximate surface area is 201 Å². The quantitative estimate of drug-likeness (QED) is 0.452. The van der Waals surface area contributed by atoms with Gasteiger partial charge in [0.1, 0.15) is 10.0 Å². The number of nitrogens with two attached hydrogens (primary N) is 1. The Morgan fingerprint density at radius 3 is 2.58 bits per heavy atom. The van der Waals surface area contributed by atoms with Crippen molar-refractivity contribution < 1.29 is 13.2 Å². The molecule has 1 aliphatic heterocycles. The third kappa shape index (κ3) is 5.64. The van der Waals surface area contributed by atoms with Gasteiger partial charge in [-0.15, -0.1) is 11.3 Å². The van der Waals surface area contributed by atoms with Gasteiger partial charge in [0.05, 0.1) is 12.2 Å². The maximum Gasteiger partial charge on any atom is 0.252 e. The molecule has 0 bridgehead atoms. The van der Waals surface area contributed by atoms with Gasteiger partial charge in [0.25, 0.3) is 15.9 Å². The number of nitrogens with zero attached hydrogens (tertiary/aromatic N) is 2. The molecular weight excluding hydrogens is 482 g/mol. The number of nitrogen functional groups attached to an aromatic ring is 1. The summed E-state index contributed by atoms with van der Waals surface area (Å²) in [5, 5.41) is 6.67. The topological polar surface area (TPSA) is 117 Å². The number of carbonyl (C=O) groups excluding carboxylic acids is 1. The molecular formula is C22H24ClN5O3S2. The normalized spacial score (nSPS) is 15.3. The number of sulfonamides is 1. The van der Waals surface area contributed by atoms with Crippen molar-refractivity contribution in [3.8, 4) is 0 Å². The molecule has 0 aliphatic carbocycles. The number of rotatable bonds is 7. The number of anilines is 2. The Kier molecular flexibility index (Phi) is 7.18. The number of nitrogens with one attached hydrogen (secondary N) is 2. The number of amides is 1. The van der Waals surface area contributed by atoms with Crippen molar-refractivity contribution in [2.75, 3.05) is 24.1 Å². The van der Waals surface area contributed by atoms with E-state index in [1.165, 1.54) is 15.6 Å². The van der Waals surface area contributed by atoms with E-state index in [2.05, 4.69) is 15.6 Å². The van der Waals surface area contributed by atoms with Crippen molar-refractivity contribution >= 4 is 50.4 Å². The largest absolute Gasteiger partial charge is 0.396 e. The molecule has 8 nitrogen and oxygen atoms in total. The van der Waals surface area contributed by atoms with Gasteiger partial charge in [-0.2, -0.15) is 4.31 Å². The SMILES string of the molecule is Nc1cccnc1NC1CCN(S(=O)(=O)c2ccc(CNC(=O)c3ccc(Cl)cc3)s2)CC1. The summed E-state index contributed by atoms with van der Waals surface area (Å²) in [7, 11) is -3.58. The minimum atomic E-state index is -3.58. The molecule has 0 atom stereocenters. The summed E-state index contributed by atoms with van der Waals surface area (Å²) in [5.74, 6) is 0.384. The zero-order chi connectivity index (χ0) is 23.4. The third-order valence-corrected chi connectivity index (χ3v) is 9.10. The molecule has 1 saturated heterocycles. The Morgan fingerprint density at radius 2 is 1.88 bits per heavy atom. The lowest BCUT2D eigenvalue weighted by atomic mass is 10.1. The standard InChI is InChI=1S/C22H24ClN5O3S2/c23-16-5-3-15(4-6-16)22(29)26-14-18-7-8-20(32-18)33(30,31)28-12-9-17(10-13-28)27-21-19(24)2-1-11-25-21/h1-8,11,17H,9-10,12-14,24H2,(H,25,27)(H,26,29). The molecule has 3 heterocycles. The first-order valence-corrected chi connectivity index (χ1v) is 13.1. The average molecular weight is 506 g/mol. The first-order chi connectivity index (χ1) is 15.8. The maximum absolute atomic E-state index is 13.1. The van der Waals surface area contributed by atoms with Crippen LogP contribution in [0.2, 0.25) is 5.02 Å². The van der Waals surface area contributed by atoms with Crippen molar-refractivity contribution in [2.24, 2.45) is 0 Å². The number of hydrogen-bond donors (Lipinski definition) is 3. The monoisotopic (exact) mass is 505 g/mol. The van der Waals surface area contributed by atoms with E-state index in [1.54, 1.807) is 54.7 Å². The van der Waals surface area contributed by atoms with Gasteiger partial charge < -0.3 is 16.4 Å². The fraction of sp³-hybridized carbons (Fsp3) is 0.273. The molecule has 0 unspecified atom stereocenters. The van der Waals surface area contributed by atoms with E-state index in [0.29, 0.717) is 48.0 Å². The van der Waals surface area contributed by atoms with E-state index in [0.717, 1.165) is 4.88 Å². The Bertz CT molecular complexity index is 1220. The lowest BCUT2D eigenvalue weighted by molar-refractivity contribution is 0.0951. The van der Waals surface area contributed by atoms with Gasteiger partial charge in [-0.3, -0.25) is 4.79 Å². The fourth-order valence-electron chi connectivity index (χ4n) is 3.56. The highest BCUT2D eigenvalue weighted by atomic mass is 35.5. The Hall–Kier alpha value is -2.66. The fourth-order valence-corrected chi connectivity index (χ4v) is 6.61. The van der Waals surface area contributed by atoms with Gasteiger partial charge in [-0.1, -0.05) is 11.6 Å². The van der Waals surface area contributed by atoms with Crippen LogP contribution < -0.4 is 16.4 Å². The van der Waals surface area contributed by atoms with Crippen molar-refractivity contribution in [2.45, 2.75) is 29.6 Å². The highest BCUT2D eigenvalue weighted by molar-refractivity contribution is 7.91. The number of carbonyl (C=O) groups is 1. The molecule has 1 aliphatic rings. The van der Waals surface area contributed by atoms with Crippen molar-refractivity contribution in [1.82, 2.24) is 14.6 Å². The van der Waals surface area contributed by atoms with Crippen LogP contribution in [0.5, 0.6) is 0 Å². The van der Waals surface area contributed by atoms with Crippen molar-refractivity contribution in [3.05, 3.63) is 70.2 Å². The van der Waals surface area contributed by atoms with Crippen LogP contribution in [0.4, 0.5) is 11.5 Å². The van der Waals surface area contributed by atoms with E-state index in [-0.39, 0.29) is 22.7 Å². The third-order valence-electron chi connectivity index (χ3n) is 5.39. The molecule has 3 aromatic rings. The van der Waals surface area contributed by atoms with Crippen LogP contribution in [0.15, 0.2) is 58.9 Å². The molecule has 0 saturated carbocycles. The highest BCUT2D eigenvalue weighted by Crippen LogP contribution is 2.28. The first-order valence-electron chi connectivity index (χ1n) is 10.4. The van der Waals surface area contributed by atoms with E-state index < -0.39 is 10.0 Å². The van der Waals surface area contributed by atoms with E-state index in [1.807, 2.05) is 0 Å². The van der Waals surface area contributed by atoms with Crippen LogP contribution in [0.3, 0.4) is 0 Å². The van der Waals surface area contributed by atoms with Crippen LogP contribution in [0, 0.1) is 0 Å². The van der Waals surface area contributed by atoms with Crippen LogP contribution >= 0.6 is 22.9 Å². The molecule has 11 heteroatoms. The predicted octanol–water partition coefficient (Wildman–Crippen LogP) is 3.57. The van der Waals surface area contributed by atoms with E-state index in [9.17, 15) is 13.2 Å². The molecule has 174 valence electrons. The Morgan fingerprint density at radius 1 is 1.15 bits per heavy atom. The summed E-state index contributed by atoms with van der Waals surface area (Å²) in [4.78, 5) is 17.3. The number of benzene rings is 1. The van der Waals surface area contributed by atoms with Gasteiger partial charge >= 0.3 is 0 Å². The van der Waals surface area contributed by atoms with Gasteiger partial charge in [0.2, 0.25) is 0 Å². The molecule has 33 heavy (non-hydrogen) atoms. The first kappa shape index (κ1) is 23.5. The van der Waals surface area contributed by atoms with E-state index in [4.69, 9.17) is 17.3 Å². The minimum absolute atomic E-state index is 0.107. The smallest absolute Gasteiger partial charge is 0.252 e. The molecule has 1 fully saturated rings. The minimum Gasteiger partial charge on any atom is -0.396 e. The number of thiophene rings is 1. The molecule has 2 aromatic heterocycles. The predicted molar refractivity (Wildman–Crippen MR) is 131 cm³/mol. The van der Waals surface area contributed by atoms with Gasteiger partial charge in [0.15, 0.2) is 0 Å². The Balaban J connectivity index is 1.32. The second-order valence-corrected chi connectivity index (χ2v) is 11.4. The maximum atomic E-state index is 13.1. The second kappa shape index (κ2) is 10.1. The highest BCUT2D eigenvalue weighted by Gasteiger charge is 2.30. The zero-order valence-corrected chi connectivity index (χ0v) is 20.1. The molecule has 0 spiro atoms. The summed E-state index contributed by atoms with van der Waals surface area (Å²) in [6.45, 7) is 1.07. The van der Waals surface area contributed by atoms with Gasteiger partial charge in [-0.05, 0) is 61.4 Å². The summed E-state index contributed by atoms with van der Waals surface area (Å²) in [6, 6.07) is 13.6. The summed E-state index contributed by atoms with van der Waals surface area (Å²) in [5.41, 5.74) is 7.00. The summed E-state index contributed by atoms with van der Waals surface area (Å²) in [6.07, 6.45) is 2.99. The lowest BCUT2D eigenvalue weighted by Gasteiger charge is -2.31. The number of halogens is 1. The van der Waals surface area contributed by atoms with Gasteiger partial charge in [-0.25, -0.2) is 13.4 Å². The van der Waals surface area contributed by atoms with Crippen LogP contribution in [-0.2, 0) is 16.6 Å². The summed E-state index contributed by atoms with van der Waals surface area (Å²) >= 11 is 7.02. The van der Waals surface area contributed by atoms with E-state index >= 15 is 0 Å². The second-order valence-electron chi connectivity index (χ2n) is 7.67. The van der Waals surface area contributed by atoms with Crippen LogP contribution in [0.25, 0.3) is 0 Å². The van der Waals surface area contributed by atoms with Crippen molar-refractivity contribution in [1.29, 1.82) is 0 Å². The molecule has 0 radical (unpaired) electrons. The van der Waals surface area contributed by atoms with Crippen molar-refractivity contribution in [3.63, 3.8) is 0 Å². The van der Waals surface area contributed by atoms with Gasteiger partial charge in [0, 0.05) is 40.8 Å². The van der Waals surface area contributed by atoms with Crippen LogP contribution in [0.1, 0.15) is 28.1 Å². The molecule has 4 rings (SSSR count). The lowest BCUT2D eigenvalue weighted by Crippen LogP contribution is -2.42. The molecule has 1 aromatic carbocycles. The summed E-state index contributed by atoms with van der Waals surface area (Å²) < 4.78 is 28.0. The van der Waals surface area contributed by atoms with Crippen LogP contribution in [-0.4, -0.2) is 42.7 Å². The molecule has 1 amide bonds. The number of hydrogen-bond acceptors (Lipinski definition) is 7.